The smallest absolute Gasteiger partial charge is 0.0351 e. The van der Waals surface area contributed by atoms with Gasteiger partial charge in [-0.15, -0.1) is 0 Å². The minimum Gasteiger partial charge on any atom is -0.388 e. The van der Waals surface area contributed by atoms with Gasteiger partial charge in [-0.2, -0.15) is 0 Å². The van der Waals surface area contributed by atoms with E-state index >= 15 is 0 Å². The lowest BCUT2D eigenvalue weighted by Crippen LogP contribution is -2.37. The molecule has 0 fully saturated rings. The van der Waals surface area contributed by atoms with Gasteiger partial charge in [0.05, 0.1) is 0 Å². The van der Waals surface area contributed by atoms with Crippen LogP contribution in [-0.4, -0.2) is 63.3 Å². The van der Waals surface area contributed by atoms with Crippen LogP contribution in [0.15, 0.2) is 0 Å². The zero-order chi connectivity index (χ0) is 12.3. The van der Waals surface area contributed by atoms with Gasteiger partial charge in [-0.3, -0.25) is 4.90 Å². The fourth-order valence-electron chi connectivity index (χ4n) is 1.24. The molecule has 0 atom stereocenters. The first kappa shape index (κ1) is 17.3. The third-order valence-corrected chi connectivity index (χ3v) is 2.45. The van der Waals surface area contributed by atoms with E-state index < -0.39 is 0 Å². The van der Waals surface area contributed by atoms with Crippen LogP contribution in [-0.2, 0) is 4.74 Å². The number of rotatable bonds is 6. The molecule has 0 rings (SSSR count). The van der Waals surface area contributed by atoms with Crippen molar-refractivity contribution in [2.75, 3.05) is 47.4 Å². The molecule has 0 spiro atoms. The van der Waals surface area contributed by atoms with E-state index in [2.05, 4.69) is 49.3 Å². The molecular formula is C12H30N2O. The van der Waals surface area contributed by atoms with Crippen LogP contribution >= 0.6 is 0 Å². The van der Waals surface area contributed by atoms with Gasteiger partial charge in [0.2, 0.25) is 0 Å². The molecule has 0 saturated carbocycles. The number of hydrogen-bond acceptors (Lipinski definition) is 3. The van der Waals surface area contributed by atoms with Gasteiger partial charge in [-0.1, -0.05) is 13.8 Å². The maximum Gasteiger partial charge on any atom is 0.0351 e. The van der Waals surface area contributed by atoms with Gasteiger partial charge < -0.3 is 9.64 Å². The van der Waals surface area contributed by atoms with E-state index in [0.29, 0.717) is 6.04 Å². The normalized spacial score (nSPS) is 10.8. The van der Waals surface area contributed by atoms with Crippen molar-refractivity contribution in [3.63, 3.8) is 0 Å². The number of methoxy groups -OCH3 is 1. The summed E-state index contributed by atoms with van der Waals surface area (Å²) in [7, 11) is 5.42. The number of nitrogens with zero attached hydrogens (tertiary/aromatic N) is 2. The highest BCUT2D eigenvalue weighted by atomic mass is 16.4. The Morgan fingerprint density at radius 3 is 1.73 bits per heavy atom. The Hall–Kier alpha value is -0.120. The number of likely N-dealkylation sites (N-methyl/N-ethyl adjacent to an activating group) is 2. The minimum absolute atomic E-state index is 0.681. The summed E-state index contributed by atoms with van der Waals surface area (Å²) in [6.45, 7) is 13.6. The Bertz CT molecular complexity index is 118. The fraction of sp³-hybridized carbons (Fsp3) is 1.00. The molecule has 0 unspecified atom stereocenters. The van der Waals surface area contributed by atoms with Gasteiger partial charge in [-0.05, 0) is 34.0 Å². The summed E-state index contributed by atoms with van der Waals surface area (Å²) < 4.78 is 4.25. The number of hydrogen-bond donors (Lipinski definition) is 0. The molecule has 0 heterocycles. The highest BCUT2D eigenvalue weighted by Crippen LogP contribution is 1.96. The third kappa shape index (κ3) is 11.8. The van der Waals surface area contributed by atoms with Gasteiger partial charge in [0.25, 0.3) is 0 Å². The average molecular weight is 218 g/mol. The average Bonchev–Trinajstić information content (AvgIpc) is 2.19. The second-order valence-corrected chi connectivity index (χ2v) is 4.03. The van der Waals surface area contributed by atoms with Crippen LogP contribution < -0.4 is 0 Å². The largest absolute Gasteiger partial charge is 0.388 e. The van der Waals surface area contributed by atoms with Crippen LogP contribution in [0, 0.1) is 0 Å². The predicted octanol–water partition coefficient (Wildman–Crippen LogP) is 1.93. The maximum atomic E-state index is 4.25. The van der Waals surface area contributed by atoms with Crippen molar-refractivity contribution in [2.45, 2.75) is 33.7 Å². The Kier molecular flexibility index (Phi) is 13.8. The summed E-state index contributed by atoms with van der Waals surface area (Å²) in [6, 6.07) is 0.681. The molecule has 0 amide bonds. The van der Waals surface area contributed by atoms with E-state index in [1.165, 1.54) is 13.1 Å². The Balaban J connectivity index is 0. The molecular weight excluding hydrogens is 188 g/mol. The molecule has 0 N–H and O–H groups in total. The molecule has 94 valence electrons. The molecule has 0 radical (unpaired) electrons. The first-order valence-corrected chi connectivity index (χ1v) is 5.86. The van der Waals surface area contributed by atoms with Gasteiger partial charge in [0.1, 0.15) is 0 Å². The molecule has 0 aromatic heterocycles. The van der Waals surface area contributed by atoms with E-state index in [-0.39, 0.29) is 0 Å². The third-order valence-electron chi connectivity index (χ3n) is 2.45. The topological polar surface area (TPSA) is 15.7 Å². The molecule has 0 saturated heterocycles. The lowest BCUT2D eigenvalue weighted by molar-refractivity contribution is 0.200. The van der Waals surface area contributed by atoms with E-state index in [4.69, 9.17) is 0 Å². The van der Waals surface area contributed by atoms with Crippen molar-refractivity contribution in [2.24, 2.45) is 0 Å². The fourth-order valence-corrected chi connectivity index (χ4v) is 1.24. The zero-order valence-electron chi connectivity index (χ0n) is 11.7. The summed E-state index contributed by atoms with van der Waals surface area (Å²) in [5.41, 5.74) is 0. The lowest BCUT2D eigenvalue weighted by Gasteiger charge is -2.26. The van der Waals surface area contributed by atoms with Crippen LogP contribution in [0.1, 0.15) is 27.7 Å². The summed E-state index contributed by atoms with van der Waals surface area (Å²) in [5, 5.41) is 0. The molecule has 3 nitrogen and oxygen atoms in total. The van der Waals surface area contributed by atoms with Crippen molar-refractivity contribution in [3.8, 4) is 0 Å². The summed E-state index contributed by atoms with van der Waals surface area (Å²) in [6.07, 6.45) is 0. The Labute approximate surface area is 96.4 Å². The zero-order valence-corrected chi connectivity index (χ0v) is 11.7. The van der Waals surface area contributed by atoms with Crippen LogP contribution in [0.3, 0.4) is 0 Å². The standard InChI is InChI=1S/C10H24N2.C2H6O/c1-6-11(5)8-9-12(7-2)10(3)4;1-3-2/h10H,6-9H2,1-5H3;1-2H3. The molecule has 3 heteroatoms. The van der Waals surface area contributed by atoms with E-state index in [0.717, 1.165) is 13.1 Å². The minimum atomic E-state index is 0.681. The van der Waals surface area contributed by atoms with E-state index in [1.807, 2.05) is 0 Å². The monoisotopic (exact) mass is 218 g/mol. The lowest BCUT2D eigenvalue weighted by atomic mass is 10.3. The van der Waals surface area contributed by atoms with E-state index in [1.54, 1.807) is 14.2 Å². The van der Waals surface area contributed by atoms with Crippen LogP contribution in [0.2, 0.25) is 0 Å². The van der Waals surface area contributed by atoms with Gasteiger partial charge in [0.15, 0.2) is 0 Å². The number of ether oxygens (including phenoxy) is 1. The van der Waals surface area contributed by atoms with Gasteiger partial charge >= 0.3 is 0 Å². The second-order valence-electron chi connectivity index (χ2n) is 4.03. The Morgan fingerprint density at radius 2 is 1.47 bits per heavy atom. The summed E-state index contributed by atoms with van der Waals surface area (Å²) >= 11 is 0. The van der Waals surface area contributed by atoms with Crippen LogP contribution in [0.4, 0.5) is 0 Å². The van der Waals surface area contributed by atoms with Gasteiger partial charge in [-0.25, -0.2) is 0 Å². The molecule has 15 heavy (non-hydrogen) atoms. The van der Waals surface area contributed by atoms with Crippen molar-refractivity contribution in [1.29, 1.82) is 0 Å². The van der Waals surface area contributed by atoms with Crippen molar-refractivity contribution >= 4 is 0 Å². The molecule has 0 aliphatic heterocycles. The molecule has 0 aromatic carbocycles. The van der Waals surface area contributed by atoms with E-state index in [9.17, 15) is 0 Å². The molecule has 0 aliphatic rings. The van der Waals surface area contributed by atoms with Crippen LogP contribution in [0.25, 0.3) is 0 Å². The maximum absolute atomic E-state index is 4.25. The molecule has 0 aromatic rings. The molecule has 0 aliphatic carbocycles. The highest BCUT2D eigenvalue weighted by molar-refractivity contribution is 4.62. The highest BCUT2D eigenvalue weighted by Gasteiger charge is 2.06. The quantitative estimate of drug-likeness (QED) is 0.677. The Morgan fingerprint density at radius 1 is 1.00 bits per heavy atom. The SMILES string of the molecule is CCN(C)CCN(CC)C(C)C.COC. The van der Waals surface area contributed by atoms with Gasteiger partial charge in [0, 0.05) is 33.4 Å². The second kappa shape index (κ2) is 12.0. The van der Waals surface area contributed by atoms with Crippen molar-refractivity contribution in [1.82, 2.24) is 9.80 Å². The summed E-state index contributed by atoms with van der Waals surface area (Å²) in [4.78, 5) is 4.84. The van der Waals surface area contributed by atoms with Crippen LogP contribution in [0.5, 0.6) is 0 Å². The first-order valence-electron chi connectivity index (χ1n) is 5.86. The van der Waals surface area contributed by atoms with Crippen molar-refractivity contribution in [3.05, 3.63) is 0 Å². The molecule has 0 bridgehead atoms. The predicted molar refractivity (Wildman–Crippen MR) is 68.5 cm³/mol. The summed E-state index contributed by atoms with van der Waals surface area (Å²) in [5.74, 6) is 0. The first-order chi connectivity index (χ1) is 7.03. The van der Waals surface area contributed by atoms with Crippen molar-refractivity contribution < 1.29 is 4.74 Å².